The van der Waals surface area contributed by atoms with Gasteiger partial charge >= 0.3 is 0 Å². The molecule has 0 aliphatic heterocycles. The zero-order valence-electron chi connectivity index (χ0n) is 7.40. The van der Waals surface area contributed by atoms with Gasteiger partial charge in [0.05, 0.1) is 0 Å². The monoisotopic (exact) mass is 168 g/mol. The highest BCUT2D eigenvalue weighted by molar-refractivity contribution is 5.17. The number of fused-ring (bicyclic) bond motifs is 2. The largest absolute Gasteiger partial charge is 0.396 e. The lowest BCUT2D eigenvalue weighted by molar-refractivity contribution is 0.0329. The van der Waals surface area contributed by atoms with E-state index in [0.717, 1.165) is 6.42 Å². The van der Waals surface area contributed by atoms with E-state index >= 15 is 0 Å². The number of aliphatic hydroxyl groups excluding tert-OH is 2. The normalized spacial score (nSPS) is 50.4. The van der Waals surface area contributed by atoms with E-state index in [1.165, 1.54) is 0 Å². The minimum Gasteiger partial charge on any atom is -0.396 e. The molecule has 2 nitrogen and oxygen atoms in total. The standard InChI is InChI=1S/C10H16O2/c1-10(6-12)8-3-2-7(4-8)9(10)5-11/h2-3,7-9,11-12H,4-6H2,1H3/t7-,8+,9-,10+/m1/s1. The molecule has 4 atom stereocenters. The number of hydrogen-bond donors (Lipinski definition) is 2. The van der Waals surface area contributed by atoms with Crippen LogP contribution in [0, 0.1) is 23.2 Å². The first-order valence-corrected chi connectivity index (χ1v) is 4.62. The van der Waals surface area contributed by atoms with E-state index in [0.29, 0.717) is 11.8 Å². The maximum absolute atomic E-state index is 9.30. The van der Waals surface area contributed by atoms with Gasteiger partial charge in [-0.1, -0.05) is 19.1 Å². The van der Waals surface area contributed by atoms with Crippen molar-refractivity contribution in [1.29, 1.82) is 0 Å². The van der Waals surface area contributed by atoms with Crippen molar-refractivity contribution in [2.75, 3.05) is 13.2 Å². The van der Waals surface area contributed by atoms with E-state index in [9.17, 15) is 10.2 Å². The Morgan fingerprint density at radius 2 is 2.17 bits per heavy atom. The summed E-state index contributed by atoms with van der Waals surface area (Å²) in [6.07, 6.45) is 5.53. The van der Waals surface area contributed by atoms with Gasteiger partial charge in [-0.2, -0.15) is 0 Å². The van der Waals surface area contributed by atoms with E-state index in [1.807, 2.05) is 0 Å². The van der Waals surface area contributed by atoms with E-state index < -0.39 is 0 Å². The Kier molecular flexibility index (Phi) is 1.77. The van der Waals surface area contributed by atoms with Crippen molar-refractivity contribution in [1.82, 2.24) is 0 Å². The Balaban J connectivity index is 2.28. The smallest absolute Gasteiger partial charge is 0.0494 e. The lowest BCUT2D eigenvalue weighted by atomic mass is 9.71. The Labute approximate surface area is 72.9 Å². The third-order valence-corrected chi connectivity index (χ3v) is 3.87. The molecule has 0 heterocycles. The summed E-state index contributed by atoms with van der Waals surface area (Å²) in [5, 5.41) is 18.5. The summed E-state index contributed by atoms with van der Waals surface area (Å²) < 4.78 is 0. The van der Waals surface area contributed by atoms with E-state index in [-0.39, 0.29) is 24.5 Å². The Morgan fingerprint density at radius 1 is 1.42 bits per heavy atom. The van der Waals surface area contributed by atoms with E-state index in [2.05, 4.69) is 19.1 Å². The molecule has 0 aromatic rings. The molecule has 0 aromatic carbocycles. The van der Waals surface area contributed by atoms with Crippen LogP contribution in [0.5, 0.6) is 0 Å². The molecule has 0 aromatic heterocycles. The molecule has 0 spiro atoms. The van der Waals surface area contributed by atoms with Gasteiger partial charge in [-0.25, -0.2) is 0 Å². The molecule has 0 amide bonds. The van der Waals surface area contributed by atoms with Crippen LogP contribution in [0.4, 0.5) is 0 Å². The van der Waals surface area contributed by atoms with Crippen molar-refractivity contribution in [3.63, 3.8) is 0 Å². The van der Waals surface area contributed by atoms with Crippen LogP contribution in [0.1, 0.15) is 13.3 Å². The van der Waals surface area contributed by atoms with Crippen LogP contribution in [0.25, 0.3) is 0 Å². The fourth-order valence-electron chi connectivity index (χ4n) is 2.86. The molecule has 0 radical (unpaired) electrons. The Morgan fingerprint density at radius 3 is 2.67 bits per heavy atom. The van der Waals surface area contributed by atoms with Gasteiger partial charge in [0.15, 0.2) is 0 Å². The highest BCUT2D eigenvalue weighted by Gasteiger charge is 2.52. The molecule has 2 aliphatic carbocycles. The van der Waals surface area contributed by atoms with Crippen LogP contribution < -0.4 is 0 Å². The molecular weight excluding hydrogens is 152 g/mol. The van der Waals surface area contributed by atoms with Crippen LogP contribution in [-0.4, -0.2) is 23.4 Å². The highest BCUT2D eigenvalue weighted by atomic mass is 16.3. The average molecular weight is 168 g/mol. The van der Waals surface area contributed by atoms with Gasteiger partial charge in [-0.3, -0.25) is 0 Å². The molecule has 2 N–H and O–H groups in total. The predicted molar refractivity (Wildman–Crippen MR) is 46.5 cm³/mol. The number of allylic oxidation sites excluding steroid dienone is 2. The third kappa shape index (κ3) is 0.824. The van der Waals surface area contributed by atoms with Crippen LogP contribution >= 0.6 is 0 Å². The quantitative estimate of drug-likeness (QED) is 0.599. The molecule has 68 valence electrons. The van der Waals surface area contributed by atoms with Gasteiger partial charge in [0, 0.05) is 18.6 Å². The van der Waals surface area contributed by atoms with Crippen LogP contribution in [0.15, 0.2) is 12.2 Å². The topological polar surface area (TPSA) is 40.5 Å². The van der Waals surface area contributed by atoms with Crippen molar-refractivity contribution in [2.24, 2.45) is 23.2 Å². The summed E-state index contributed by atoms with van der Waals surface area (Å²) in [7, 11) is 0. The van der Waals surface area contributed by atoms with Gasteiger partial charge in [0.1, 0.15) is 0 Å². The summed E-state index contributed by atoms with van der Waals surface area (Å²) >= 11 is 0. The van der Waals surface area contributed by atoms with Gasteiger partial charge in [-0.05, 0) is 24.2 Å². The number of aliphatic hydroxyl groups is 2. The number of rotatable bonds is 2. The summed E-state index contributed by atoms with van der Waals surface area (Å²) in [6.45, 7) is 2.49. The lowest BCUT2D eigenvalue weighted by Gasteiger charge is -2.36. The summed E-state index contributed by atoms with van der Waals surface area (Å²) in [4.78, 5) is 0. The van der Waals surface area contributed by atoms with Gasteiger partial charge < -0.3 is 10.2 Å². The van der Waals surface area contributed by atoms with Crippen molar-refractivity contribution < 1.29 is 10.2 Å². The van der Waals surface area contributed by atoms with Crippen LogP contribution in [0.2, 0.25) is 0 Å². The molecule has 0 saturated heterocycles. The molecule has 1 fully saturated rings. The fourth-order valence-corrected chi connectivity index (χ4v) is 2.86. The van der Waals surface area contributed by atoms with E-state index in [4.69, 9.17) is 0 Å². The van der Waals surface area contributed by atoms with Crippen molar-refractivity contribution in [3.8, 4) is 0 Å². The van der Waals surface area contributed by atoms with Crippen molar-refractivity contribution >= 4 is 0 Å². The highest BCUT2D eigenvalue weighted by Crippen LogP contribution is 2.55. The Bertz CT molecular complexity index is 212. The minimum absolute atomic E-state index is 0.0613. The molecule has 1 saturated carbocycles. The lowest BCUT2D eigenvalue weighted by Crippen LogP contribution is -2.37. The van der Waals surface area contributed by atoms with Crippen LogP contribution in [-0.2, 0) is 0 Å². The molecule has 2 rings (SSSR count). The first kappa shape index (κ1) is 8.27. The molecule has 2 aliphatic rings. The summed E-state index contributed by atoms with van der Waals surface area (Å²) in [5.41, 5.74) is -0.0613. The molecule has 0 unspecified atom stereocenters. The maximum Gasteiger partial charge on any atom is 0.0494 e. The molecule has 2 bridgehead atoms. The molecule has 2 heteroatoms. The SMILES string of the molecule is C[C@@]1(CO)[C@H](CO)[C@@H]2C=C[C@H]1C2. The van der Waals surface area contributed by atoms with Crippen LogP contribution in [0.3, 0.4) is 0 Å². The second-order valence-electron chi connectivity index (χ2n) is 4.34. The predicted octanol–water partition coefficient (Wildman–Crippen LogP) is 0.799. The first-order valence-electron chi connectivity index (χ1n) is 4.62. The number of hydrogen-bond acceptors (Lipinski definition) is 2. The second kappa shape index (κ2) is 2.57. The zero-order valence-corrected chi connectivity index (χ0v) is 7.40. The van der Waals surface area contributed by atoms with Gasteiger partial charge in [0.25, 0.3) is 0 Å². The second-order valence-corrected chi connectivity index (χ2v) is 4.34. The minimum atomic E-state index is -0.0613. The summed E-state index contributed by atoms with van der Waals surface area (Å²) in [5.74, 6) is 1.28. The maximum atomic E-state index is 9.30. The van der Waals surface area contributed by atoms with Crippen molar-refractivity contribution in [2.45, 2.75) is 13.3 Å². The van der Waals surface area contributed by atoms with E-state index in [1.54, 1.807) is 0 Å². The molecular formula is C10H16O2. The van der Waals surface area contributed by atoms with Gasteiger partial charge in [0.2, 0.25) is 0 Å². The van der Waals surface area contributed by atoms with Crippen molar-refractivity contribution in [3.05, 3.63) is 12.2 Å². The average Bonchev–Trinajstić information content (AvgIpc) is 2.63. The first-order chi connectivity index (χ1) is 5.72. The molecule has 12 heavy (non-hydrogen) atoms. The zero-order chi connectivity index (χ0) is 8.77. The van der Waals surface area contributed by atoms with Gasteiger partial charge in [-0.15, -0.1) is 0 Å². The Hall–Kier alpha value is -0.340. The summed E-state index contributed by atoms with van der Waals surface area (Å²) in [6, 6.07) is 0. The fraction of sp³-hybridized carbons (Fsp3) is 0.800. The third-order valence-electron chi connectivity index (χ3n) is 3.87.